The van der Waals surface area contributed by atoms with Crippen LogP contribution in [0.2, 0.25) is 0 Å². The van der Waals surface area contributed by atoms with Crippen molar-refractivity contribution < 1.29 is 9.84 Å². The molecule has 0 radical (unpaired) electrons. The molecule has 1 aromatic rings. The van der Waals surface area contributed by atoms with E-state index in [1.54, 1.807) is 7.11 Å². The maximum Gasteiger partial charge on any atom is 0.118 e. The average Bonchev–Trinajstić information content (AvgIpc) is 2.15. The van der Waals surface area contributed by atoms with Crippen molar-refractivity contribution in [3.63, 3.8) is 0 Å². The number of rotatable bonds is 1. The van der Waals surface area contributed by atoms with Crippen LogP contribution in [0.1, 0.15) is 5.56 Å². The molecule has 1 rings (SSSR count). The van der Waals surface area contributed by atoms with Crippen molar-refractivity contribution in [3.05, 3.63) is 29.8 Å². The van der Waals surface area contributed by atoms with E-state index < -0.39 is 0 Å². The molecule has 1 aromatic carbocycles. The van der Waals surface area contributed by atoms with E-state index in [1.165, 1.54) is 0 Å². The highest BCUT2D eigenvalue weighted by molar-refractivity contribution is 5.38. The van der Waals surface area contributed by atoms with Gasteiger partial charge in [-0.05, 0) is 24.3 Å². The molecule has 2 heteroatoms. The van der Waals surface area contributed by atoms with E-state index in [1.807, 2.05) is 24.3 Å². The predicted octanol–water partition coefficient (Wildman–Crippen LogP) is 1.04. The van der Waals surface area contributed by atoms with Crippen LogP contribution in [0.5, 0.6) is 5.75 Å². The number of ether oxygens (including phenoxy) is 1. The molecule has 0 aromatic heterocycles. The molecule has 0 saturated heterocycles. The fourth-order valence-corrected chi connectivity index (χ4v) is 0.816. The molecule has 1 N–H and O–H groups in total. The highest BCUT2D eigenvalue weighted by atomic mass is 16.5. The third kappa shape index (κ3) is 2.30. The molecule has 0 saturated carbocycles. The number of aliphatic hydroxyl groups excluding tert-OH is 1. The molecule has 2 nitrogen and oxygen atoms in total. The average molecular weight is 162 g/mol. The van der Waals surface area contributed by atoms with E-state index in [4.69, 9.17) is 9.84 Å². The van der Waals surface area contributed by atoms with Crippen molar-refractivity contribution in [1.29, 1.82) is 0 Å². The molecule has 62 valence electrons. The Hall–Kier alpha value is -1.46. The van der Waals surface area contributed by atoms with Gasteiger partial charge in [-0.2, -0.15) is 0 Å². The van der Waals surface area contributed by atoms with Crippen LogP contribution in [0.25, 0.3) is 0 Å². The van der Waals surface area contributed by atoms with E-state index in [0.29, 0.717) is 0 Å². The predicted molar refractivity (Wildman–Crippen MR) is 47.0 cm³/mol. The number of aliphatic hydroxyl groups is 1. The molecule has 0 atom stereocenters. The zero-order valence-electron chi connectivity index (χ0n) is 6.87. The van der Waals surface area contributed by atoms with E-state index in [9.17, 15) is 0 Å². The van der Waals surface area contributed by atoms with Gasteiger partial charge in [0, 0.05) is 5.56 Å². The zero-order valence-corrected chi connectivity index (χ0v) is 6.87. The van der Waals surface area contributed by atoms with Crippen LogP contribution in [0.3, 0.4) is 0 Å². The first kappa shape index (κ1) is 8.63. The fraction of sp³-hybridized carbons (Fsp3) is 0.200. The zero-order chi connectivity index (χ0) is 8.81. The summed E-state index contributed by atoms with van der Waals surface area (Å²) in [6.07, 6.45) is 0. The Kier molecular flexibility index (Phi) is 3.18. The Bertz CT molecular complexity index is 290. The molecule has 0 heterocycles. The third-order valence-corrected chi connectivity index (χ3v) is 1.40. The summed E-state index contributed by atoms with van der Waals surface area (Å²) in [4.78, 5) is 0. The fourth-order valence-electron chi connectivity index (χ4n) is 0.816. The minimum atomic E-state index is -0.105. The van der Waals surface area contributed by atoms with Crippen LogP contribution in [-0.4, -0.2) is 18.8 Å². The highest BCUT2D eigenvalue weighted by Gasteiger charge is 1.88. The summed E-state index contributed by atoms with van der Waals surface area (Å²) in [5, 5.41) is 8.43. The summed E-state index contributed by atoms with van der Waals surface area (Å²) in [7, 11) is 1.62. The Morgan fingerprint density at radius 3 is 2.50 bits per heavy atom. The first-order chi connectivity index (χ1) is 5.86. The van der Waals surface area contributed by atoms with Crippen LogP contribution < -0.4 is 4.74 Å². The lowest BCUT2D eigenvalue weighted by molar-refractivity contribution is 0.350. The van der Waals surface area contributed by atoms with Gasteiger partial charge in [0.15, 0.2) is 0 Å². The SMILES string of the molecule is COc1ccc(C#CCO)cc1. The summed E-state index contributed by atoms with van der Waals surface area (Å²) >= 11 is 0. The van der Waals surface area contributed by atoms with Crippen molar-refractivity contribution in [2.75, 3.05) is 13.7 Å². The Labute approximate surface area is 71.8 Å². The molecule has 0 unspecified atom stereocenters. The summed E-state index contributed by atoms with van der Waals surface area (Å²) < 4.78 is 4.98. The maximum atomic E-state index is 8.43. The summed E-state index contributed by atoms with van der Waals surface area (Å²) in [6.45, 7) is -0.105. The normalized spacial score (nSPS) is 8.50. The number of benzene rings is 1. The minimum absolute atomic E-state index is 0.105. The van der Waals surface area contributed by atoms with Gasteiger partial charge in [-0.25, -0.2) is 0 Å². The Balaban J connectivity index is 2.78. The molecule has 0 aliphatic rings. The second-order valence-corrected chi connectivity index (χ2v) is 2.19. The topological polar surface area (TPSA) is 29.5 Å². The summed E-state index contributed by atoms with van der Waals surface area (Å²) in [6, 6.07) is 7.37. The van der Waals surface area contributed by atoms with E-state index in [0.717, 1.165) is 11.3 Å². The van der Waals surface area contributed by atoms with Gasteiger partial charge < -0.3 is 9.84 Å². The van der Waals surface area contributed by atoms with E-state index in [2.05, 4.69) is 11.8 Å². The van der Waals surface area contributed by atoms with Gasteiger partial charge in [-0.15, -0.1) is 0 Å². The summed E-state index contributed by atoms with van der Waals surface area (Å²) in [5.41, 5.74) is 0.879. The Morgan fingerprint density at radius 2 is 2.00 bits per heavy atom. The van der Waals surface area contributed by atoms with Gasteiger partial charge >= 0.3 is 0 Å². The van der Waals surface area contributed by atoms with Crippen LogP contribution in [0.15, 0.2) is 24.3 Å². The van der Waals surface area contributed by atoms with Crippen LogP contribution in [0.4, 0.5) is 0 Å². The summed E-state index contributed by atoms with van der Waals surface area (Å²) in [5.74, 6) is 6.17. The molecule has 0 amide bonds. The van der Waals surface area contributed by atoms with Crippen molar-refractivity contribution in [3.8, 4) is 17.6 Å². The quantitative estimate of drug-likeness (QED) is 0.625. The second kappa shape index (κ2) is 4.42. The molecule has 0 fully saturated rings. The van der Waals surface area contributed by atoms with Gasteiger partial charge in [0.05, 0.1) is 7.11 Å². The Morgan fingerprint density at radius 1 is 1.33 bits per heavy atom. The lowest BCUT2D eigenvalue weighted by Crippen LogP contribution is -1.82. The monoisotopic (exact) mass is 162 g/mol. The van der Waals surface area contributed by atoms with Gasteiger partial charge in [0.1, 0.15) is 12.4 Å². The van der Waals surface area contributed by atoms with Crippen molar-refractivity contribution in [2.24, 2.45) is 0 Å². The van der Waals surface area contributed by atoms with Gasteiger partial charge in [0.2, 0.25) is 0 Å². The smallest absolute Gasteiger partial charge is 0.118 e. The van der Waals surface area contributed by atoms with Crippen molar-refractivity contribution in [2.45, 2.75) is 0 Å². The number of hydrogen-bond acceptors (Lipinski definition) is 2. The van der Waals surface area contributed by atoms with Crippen LogP contribution >= 0.6 is 0 Å². The van der Waals surface area contributed by atoms with E-state index >= 15 is 0 Å². The molecular weight excluding hydrogens is 152 g/mol. The largest absolute Gasteiger partial charge is 0.497 e. The number of methoxy groups -OCH3 is 1. The highest BCUT2D eigenvalue weighted by Crippen LogP contribution is 2.09. The maximum absolute atomic E-state index is 8.43. The standard InChI is InChI=1S/C10H10O2/c1-12-10-6-4-9(5-7-10)3-2-8-11/h4-7,11H,8H2,1H3. The van der Waals surface area contributed by atoms with Crippen molar-refractivity contribution in [1.82, 2.24) is 0 Å². The first-order valence-corrected chi connectivity index (χ1v) is 3.60. The third-order valence-electron chi connectivity index (χ3n) is 1.40. The van der Waals surface area contributed by atoms with Crippen LogP contribution in [-0.2, 0) is 0 Å². The molecule has 0 aliphatic carbocycles. The molecule has 0 bridgehead atoms. The van der Waals surface area contributed by atoms with Crippen molar-refractivity contribution >= 4 is 0 Å². The molecular formula is C10H10O2. The minimum Gasteiger partial charge on any atom is -0.497 e. The molecule has 0 spiro atoms. The molecule has 0 aliphatic heterocycles. The molecule has 12 heavy (non-hydrogen) atoms. The van der Waals surface area contributed by atoms with E-state index in [-0.39, 0.29) is 6.61 Å². The van der Waals surface area contributed by atoms with Gasteiger partial charge in [0.25, 0.3) is 0 Å². The second-order valence-electron chi connectivity index (χ2n) is 2.19. The van der Waals surface area contributed by atoms with Gasteiger partial charge in [-0.1, -0.05) is 11.8 Å². The lowest BCUT2D eigenvalue weighted by atomic mass is 10.2. The first-order valence-electron chi connectivity index (χ1n) is 3.60. The van der Waals surface area contributed by atoms with Crippen LogP contribution in [0, 0.1) is 11.8 Å². The van der Waals surface area contributed by atoms with Gasteiger partial charge in [-0.3, -0.25) is 0 Å². The lowest BCUT2D eigenvalue weighted by Gasteiger charge is -1.97. The number of hydrogen-bond donors (Lipinski definition) is 1.